The van der Waals surface area contributed by atoms with Crippen LogP contribution in [0.25, 0.3) is 0 Å². The van der Waals surface area contributed by atoms with Crippen LogP contribution in [0.1, 0.15) is 26.2 Å². The minimum Gasteiger partial charge on any atom is -0.497 e. The molecule has 0 fully saturated rings. The summed E-state index contributed by atoms with van der Waals surface area (Å²) in [5.74, 6) is 0.910. The Morgan fingerprint density at radius 1 is 1.14 bits per heavy atom. The first-order chi connectivity index (χ1) is 6.85. The SMILES string of the molecule is CCCCCBr.COc1ccccc1. The number of hydrogen-bond donors (Lipinski definition) is 0. The zero-order valence-electron chi connectivity index (χ0n) is 9.00. The van der Waals surface area contributed by atoms with E-state index in [9.17, 15) is 0 Å². The topological polar surface area (TPSA) is 9.23 Å². The Hall–Kier alpha value is -0.500. The van der Waals surface area contributed by atoms with Crippen LogP contribution in [0, 0.1) is 0 Å². The third kappa shape index (κ3) is 8.11. The lowest BCUT2D eigenvalue weighted by Crippen LogP contribution is -1.78. The Balaban J connectivity index is 0.000000255. The summed E-state index contributed by atoms with van der Waals surface area (Å²) in [5, 5.41) is 1.17. The first-order valence-electron chi connectivity index (χ1n) is 5.00. The van der Waals surface area contributed by atoms with Crippen molar-refractivity contribution in [2.75, 3.05) is 12.4 Å². The molecule has 1 rings (SSSR count). The second-order valence-electron chi connectivity index (χ2n) is 2.91. The Kier molecular flexibility index (Phi) is 10.2. The summed E-state index contributed by atoms with van der Waals surface area (Å²) < 4.78 is 4.91. The van der Waals surface area contributed by atoms with Gasteiger partial charge in [0.15, 0.2) is 0 Å². The molecule has 0 radical (unpaired) electrons. The first kappa shape index (κ1) is 13.5. The van der Waals surface area contributed by atoms with Crippen molar-refractivity contribution in [1.29, 1.82) is 0 Å². The third-order valence-electron chi connectivity index (χ3n) is 1.72. The van der Waals surface area contributed by atoms with Crippen molar-refractivity contribution < 1.29 is 4.74 Å². The second kappa shape index (κ2) is 10.6. The van der Waals surface area contributed by atoms with Crippen LogP contribution in [0.2, 0.25) is 0 Å². The molecule has 2 heteroatoms. The van der Waals surface area contributed by atoms with Crippen LogP contribution in [0.5, 0.6) is 5.75 Å². The van der Waals surface area contributed by atoms with Gasteiger partial charge in [0.1, 0.15) is 5.75 Å². The Morgan fingerprint density at radius 3 is 2.07 bits per heavy atom. The molecule has 14 heavy (non-hydrogen) atoms. The van der Waals surface area contributed by atoms with Crippen LogP contribution in [0.3, 0.4) is 0 Å². The van der Waals surface area contributed by atoms with E-state index in [0.29, 0.717) is 0 Å². The van der Waals surface area contributed by atoms with Crippen molar-refractivity contribution in [2.24, 2.45) is 0 Å². The lowest BCUT2D eigenvalue weighted by Gasteiger charge is -1.93. The van der Waals surface area contributed by atoms with Crippen molar-refractivity contribution >= 4 is 15.9 Å². The van der Waals surface area contributed by atoms with Crippen LogP contribution in [-0.2, 0) is 0 Å². The van der Waals surface area contributed by atoms with E-state index in [1.807, 2.05) is 30.3 Å². The number of benzene rings is 1. The van der Waals surface area contributed by atoms with Gasteiger partial charge in [-0.1, -0.05) is 53.9 Å². The van der Waals surface area contributed by atoms with E-state index in [0.717, 1.165) is 5.75 Å². The molecule has 0 atom stereocenters. The highest BCUT2D eigenvalue weighted by Crippen LogP contribution is 2.05. The van der Waals surface area contributed by atoms with Gasteiger partial charge in [-0.15, -0.1) is 0 Å². The second-order valence-corrected chi connectivity index (χ2v) is 3.71. The highest BCUT2D eigenvalue weighted by Gasteiger charge is 1.80. The highest BCUT2D eigenvalue weighted by atomic mass is 79.9. The fourth-order valence-corrected chi connectivity index (χ4v) is 1.30. The van der Waals surface area contributed by atoms with Crippen molar-refractivity contribution in [1.82, 2.24) is 0 Å². The van der Waals surface area contributed by atoms with Gasteiger partial charge < -0.3 is 4.74 Å². The molecule has 1 nitrogen and oxygen atoms in total. The zero-order chi connectivity index (χ0) is 10.6. The number of unbranched alkanes of at least 4 members (excludes halogenated alkanes) is 2. The first-order valence-corrected chi connectivity index (χ1v) is 6.12. The molecule has 0 aliphatic rings. The maximum absolute atomic E-state index is 4.91. The van der Waals surface area contributed by atoms with Crippen LogP contribution in [-0.4, -0.2) is 12.4 Å². The van der Waals surface area contributed by atoms with Crippen molar-refractivity contribution in [2.45, 2.75) is 26.2 Å². The van der Waals surface area contributed by atoms with Gasteiger partial charge in [-0.25, -0.2) is 0 Å². The van der Waals surface area contributed by atoms with Crippen molar-refractivity contribution in [3.05, 3.63) is 30.3 Å². The maximum atomic E-state index is 4.91. The van der Waals surface area contributed by atoms with Crippen molar-refractivity contribution in [3.8, 4) is 5.75 Å². The summed E-state index contributed by atoms with van der Waals surface area (Å²) in [6, 6.07) is 9.68. The van der Waals surface area contributed by atoms with E-state index >= 15 is 0 Å². The Morgan fingerprint density at radius 2 is 1.79 bits per heavy atom. The lowest BCUT2D eigenvalue weighted by molar-refractivity contribution is 0.415. The van der Waals surface area contributed by atoms with Gasteiger partial charge in [0, 0.05) is 5.33 Å². The van der Waals surface area contributed by atoms with E-state index in [4.69, 9.17) is 4.74 Å². The van der Waals surface area contributed by atoms with Gasteiger partial charge in [0.25, 0.3) is 0 Å². The molecule has 0 aliphatic heterocycles. The highest BCUT2D eigenvalue weighted by molar-refractivity contribution is 9.09. The number of alkyl halides is 1. The number of ether oxygens (including phenoxy) is 1. The molecule has 1 aromatic rings. The Labute approximate surface area is 95.6 Å². The summed E-state index contributed by atoms with van der Waals surface area (Å²) in [6.07, 6.45) is 4.02. The molecule has 0 heterocycles. The van der Waals surface area contributed by atoms with E-state index in [1.54, 1.807) is 7.11 Å². The fourth-order valence-electron chi connectivity index (χ4n) is 0.901. The Bertz CT molecular complexity index is 195. The average Bonchev–Trinajstić information content (AvgIpc) is 2.28. The van der Waals surface area contributed by atoms with Crippen LogP contribution < -0.4 is 4.74 Å². The van der Waals surface area contributed by atoms with Gasteiger partial charge in [0.05, 0.1) is 7.11 Å². The van der Waals surface area contributed by atoms with Gasteiger partial charge in [0.2, 0.25) is 0 Å². The van der Waals surface area contributed by atoms with E-state index in [1.165, 1.54) is 24.6 Å². The van der Waals surface area contributed by atoms with Crippen LogP contribution in [0.4, 0.5) is 0 Å². The van der Waals surface area contributed by atoms with E-state index in [2.05, 4.69) is 22.9 Å². The molecule has 0 aromatic heterocycles. The summed E-state index contributed by atoms with van der Waals surface area (Å²) in [6.45, 7) is 2.21. The number of rotatable bonds is 4. The third-order valence-corrected chi connectivity index (χ3v) is 2.28. The fraction of sp³-hybridized carbons (Fsp3) is 0.500. The molecule has 0 saturated carbocycles. The summed E-state index contributed by atoms with van der Waals surface area (Å²) in [4.78, 5) is 0. The maximum Gasteiger partial charge on any atom is 0.118 e. The van der Waals surface area contributed by atoms with Crippen LogP contribution in [0.15, 0.2) is 30.3 Å². The monoisotopic (exact) mass is 258 g/mol. The summed E-state index contributed by atoms with van der Waals surface area (Å²) in [7, 11) is 1.66. The molecule has 0 bridgehead atoms. The number of methoxy groups -OCH3 is 1. The van der Waals surface area contributed by atoms with Gasteiger partial charge >= 0.3 is 0 Å². The number of para-hydroxylation sites is 1. The summed E-state index contributed by atoms with van der Waals surface area (Å²) in [5.41, 5.74) is 0. The summed E-state index contributed by atoms with van der Waals surface area (Å²) >= 11 is 3.35. The molecule has 0 saturated heterocycles. The minimum absolute atomic E-state index is 0.910. The van der Waals surface area contributed by atoms with Crippen molar-refractivity contribution in [3.63, 3.8) is 0 Å². The number of halogens is 1. The lowest BCUT2D eigenvalue weighted by atomic mass is 10.3. The molecule has 0 amide bonds. The molecule has 0 unspecified atom stereocenters. The largest absolute Gasteiger partial charge is 0.497 e. The molecule has 0 spiro atoms. The zero-order valence-corrected chi connectivity index (χ0v) is 10.6. The quantitative estimate of drug-likeness (QED) is 0.579. The standard InChI is InChI=1S/C7H8O.C5H11Br/c1-8-7-5-3-2-4-6-7;1-2-3-4-5-6/h2-6H,1H3;2-5H2,1H3. The average molecular weight is 259 g/mol. The predicted molar refractivity (Wildman–Crippen MR) is 66.3 cm³/mol. The van der Waals surface area contributed by atoms with Gasteiger partial charge in [-0.3, -0.25) is 0 Å². The molecular formula is C12H19BrO. The van der Waals surface area contributed by atoms with Crippen LogP contribution >= 0.6 is 15.9 Å². The molecule has 80 valence electrons. The molecule has 0 N–H and O–H groups in total. The normalized spacial score (nSPS) is 8.79. The minimum atomic E-state index is 0.910. The number of hydrogen-bond acceptors (Lipinski definition) is 1. The van der Waals surface area contributed by atoms with E-state index in [-0.39, 0.29) is 0 Å². The van der Waals surface area contributed by atoms with Gasteiger partial charge in [-0.2, -0.15) is 0 Å². The smallest absolute Gasteiger partial charge is 0.118 e. The van der Waals surface area contributed by atoms with Gasteiger partial charge in [-0.05, 0) is 18.6 Å². The van der Waals surface area contributed by atoms with E-state index < -0.39 is 0 Å². The molecule has 0 aliphatic carbocycles. The molecule has 1 aromatic carbocycles. The molecular weight excluding hydrogens is 240 g/mol. The predicted octanol–water partition coefficient (Wildman–Crippen LogP) is 4.27.